The molecule has 0 aliphatic carbocycles. The molecule has 4 rings (SSSR count). The van der Waals surface area contributed by atoms with E-state index in [9.17, 15) is 14.7 Å². The Labute approximate surface area is 201 Å². The number of fused-ring (bicyclic) bond motifs is 1. The average Bonchev–Trinajstić information content (AvgIpc) is 3.28. The number of anilines is 1. The van der Waals surface area contributed by atoms with Gasteiger partial charge in [-0.05, 0) is 36.4 Å². The highest BCUT2D eigenvalue weighted by Crippen LogP contribution is 2.32. The van der Waals surface area contributed by atoms with Crippen molar-refractivity contribution in [2.24, 2.45) is 14.1 Å². The van der Waals surface area contributed by atoms with Gasteiger partial charge in [-0.1, -0.05) is 33.8 Å². The van der Waals surface area contributed by atoms with Crippen LogP contribution < -0.4 is 11.0 Å². The molecule has 2 aromatic heterocycles. The Morgan fingerprint density at radius 2 is 1.94 bits per heavy atom. The summed E-state index contributed by atoms with van der Waals surface area (Å²) >= 11 is 4.63. The van der Waals surface area contributed by atoms with Crippen molar-refractivity contribution in [3.63, 3.8) is 0 Å². The molecule has 0 unspecified atom stereocenters. The zero-order valence-corrected chi connectivity index (χ0v) is 20.4. The van der Waals surface area contributed by atoms with Crippen LogP contribution in [0.2, 0.25) is 0 Å². The van der Waals surface area contributed by atoms with E-state index in [1.807, 2.05) is 0 Å². The van der Waals surface area contributed by atoms with Crippen molar-refractivity contribution >= 4 is 50.3 Å². The van der Waals surface area contributed by atoms with Gasteiger partial charge in [0.05, 0.1) is 22.3 Å². The van der Waals surface area contributed by atoms with Crippen molar-refractivity contribution in [2.75, 3.05) is 11.1 Å². The lowest BCUT2D eigenvalue weighted by Crippen LogP contribution is -2.19. The number of amides is 1. The number of carbonyl (C=O) groups excluding carboxylic acids is 1. The summed E-state index contributed by atoms with van der Waals surface area (Å²) < 4.78 is 5.68. The van der Waals surface area contributed by atoms with Crippen molar-refractivity contribution in [1.82, 2.24) is 23.9 Å². The highest BCUT2D eigenvalue weighted by molar-refractivity contribution is 9.10. The number of aryl methyl sites for hydroxylation is 2. The summed E-state index contributed by atoms with van der Waals surface area (Å²) in [6.45, 7) is 4.19. The van der Waals surface area contributed by atoms with Crippen molar-refractivity contribution in [3.8, 4) is 17.1 Å². The molecule has 2 aromatic carbocycles. The molecule has 33 heavy (non-hydrogen) atoms. The third kappa shape index (κ3) is 4.46. The lowest BCUT2D eigenvalue weighted by atomic mass is 10.2. The van der Waals surface area contributed by atoms with E-state index in [0.29, 0.717) is 28.8 Å². The van der Waals surface area contributed by atoms with Crippen LogP contribution in [0.5, 0.6) is 5.75 Å². The number of rotatable bonds is 7. The van der Waals surface area contributed by atoms with Crippen molar-refractivity contribution in [3.05, 3.63) is 64.0 Å². The molecule has 0 bridgehead atoms. The maximum absolute atomic E-state index is 12.6. The fourth-order valence-electron chi connectivity index (χ4n) is 3.49. The minimum absolute atomic E-state index is 0.0795. The molecule has 0 fully saturated rings. The molecule has 2 N–H and O–H groups in total. The normalized spacial score (nSPS) is 11.1. The van der Waals surface area contributed by atoms with Gasteiger partial charge in [-0.15, -0.1) is 16.8 Å². The predicted molar refractivity (Wildman–Crippen MR) is 133 cm³/mol. The smallest absolute Gasteiger partial charge is 0.328 e. The minimum atomic E-state index is -0.222. The molecule has 2 heterocycles. The number of phenols is 1. The van der Waals surface area contributed by atoms with Gasteiger partial charge >= 0.3 is 5.69 Å². The molecule has 4 aromatic rings. The van der Waals surface area contributed by atoms with Crippen LogP contribution in [0.25, 0.3) is 22.4 Å². The first-order chi connectivity index (χ1) is 15.8. The fourth-order valence-corrected chi connectivity index (χ4v) is 4.60. The summed E-state index contributed by atoms with van der Waals surface area (Å²) in [6, 6.07) is 10.4. The van der Waals surface area contributed by atoms with E-state index in [1.54, 1.807) is 65.7 Å². The summed E-state index contributed by atoms with van der Waals surface area (Å²) in [7, 11) is 3.40. The maximum atomic E-state index is 12.6. The molecule has 0 saturated carbocycles. The molecular formula is C22H21BrN6O3S. The number of thioether (sulfide) groups is 1. The van der Waals surface area contributed by atoms with Crippen LogP contribution in [0.4, 0.5) is 5.69 Å². The number of hydrogen-bond donors (Lipinski definition) is 2. The molecule has 11 heteroatoms. The van der Waals surface area contributed by atoms with Gasteiger partial charge in [-0.2, -0.15) is 0 Å². The zero-order valence-electron chi connectivity index (χ0n) is 17.9. The number of halogens is 1. The number of nitrogens with zero attached hydrogens (tertiary/aromatic N) is 5. The topological polar surface area (TPSA) is 107 Å². The summed E-state index contributed by atoms with van der Waals surface area (Å²) in [5.41, 5.74) is 2.52. The maximum Gasteiger partial charge on any atom is 0.328 e. The number of hydrogen-bond acceptors (Lipinski definition) is 6. The van der Waals surface area contributed by atoms with Crippen molar-refractivity contribution in [2.45, 2.75) is 11.7 Å². The molecule has 0 saturated heterocycles. The molecule has 0 radical (unpaired) electrons. The number of nitrogens with one attached hydrogen (secondary N) is 1. The summed E-state index contributed by atoms with van der Waals surface area (Å²) in [6.07, 6.45) is 1.70. The Bertz CT molecular complexity index is 1440. The average molecular weight is 529 g/mol. The quantitative estimate of drug-likeness (QED) is 0.280. The van der Waals surface area contributed by atoms with Gasteiger partial charge in [0, 0.05) is 30.8 Å². The number of aromatic nitrogens is 5. The molecule has 9 nitrogen and oxygen atoms in total. The molecule has 0 atom stereocenters. The first kappa shape index (κ1) is 22.9. The number of allylic oxidation sites excluding steroid dienone is 1. The van der Waals surface area contributed by atoms with Crippen molar-refractivity contribution < 1.29 is 9.90 Å². The Morgan fingerprint density at radius 1 is 1.18 bits per heavy atom. The lowest BCUT2D eigenvalue weighted by molar-refractivity contribution is -0.113. The second-order valence-corrected chi connectivity index (χ2v) is 9.17. The molecule has 1 amide bonds. The molecular weight excluding hydrogens is 508 g/mol. The van der Waals surface area contributed by atoms with Crippen LogP contribution in [0.15, 0.2) is 63.5 Å². The van der Waals surface area contributed by atoms with Crippen LogP contribution in [0, 0.1) is 0 Å². The van der Waals surface area contributed by atoms with Crippen LogP contribution in [-0.4, -0.2) is 40.7 Å². The van der Waals surface area contributed by atoms with E-state index >= 15 is 0 Å². The van der Waals surface area contributed by atoms with E-state index in [1.165, 1.54) is 16.3 Å². The van der Waals surface area contributed by atoms with Gasteiger partial charge < -0.3 is 10.4 Å². The van der Waals surface area contributed by atoms with E-state index in [2.05, 4.69) is 38.0 Å². The van der Waals surface area contributed by atoms with Gasteiger partial charge in [0.1, 0.15) is 5.75 Å². The molecule has 0 spiro atoms. The Morgan fingerprint density at radius 3 is 2.70 bits per heavy atom. The van der Waals surface area contributed by atoms with Crippen molar-refractivity contribution in [1.29, 1.82) is 0 Å². The van der Waals surface area contributed by atoms with E-state index in [0.717, 1.165) is 15.5 Å². The third-order valence-corrected chi connectivity index (χ3v) is 6.58. The van der Waals surface area contributed by atoms with E-state index in [-0.39, 0.29) is 23.1 Å². The summed E-state index contributed by atoms with van der Waals surface area (Å²) in [5, 5.41) is 22.1. The van der Waals surface area contributed by atoms with Gasteiger partial charge in [0.25, 0.3) is 0 Å². The Balaban J connectivity index is 1.52. The lowest BCUT2D eigenvalue weighted by Gasteiger charge is -2.10. The van der Waals surface area contributed by atoms with Gasteiger partial charge in [-0.3, -0.25) is 18.5 Å². The number of carbonyl (C=O) groups is 1. The molecule has 0 aliphatic heterocycles. The van der Waals surface area contributed by atoms with E-state index < -0.39 is 0 Å². The minimum Gasteiger partial charge on any atom is -0.507 e. The van der Waals surface area contributed by atoms with Gasteiger partial charge in [-0.25, -0.2) is 4.79 Å². The highest BCUT2D eigenvalue weighted by atomic mass is 79.9. The predicted octanol–water partition coefficient (Wildman–Crippen LogP) is 3.52. The van der Waals surface area contributed by atoms with E-state index in [4.69, 9.17) is 0 Å². The number of aromatic hydroxyl groups is 1. The third-order valence-electron chi connectivity index (χ3n) is 5.12. The monoisotopic (exact) mass is 528 g/mol. The van der Waals surface area contributed by atoms with Crippen LogP contribution in [-0.2, 0) is 25.4 Å². The number of imidazole rings is 1. The largest absolute Gasteiger partial charge is 0.507 e. The zero-order chi connectivity index (χ0) is 23.7. The van der Waals surface area contributed by atoms with Crippen LogP contribution in [0.3, 0.4) is 0 Å². The van der Waals surface area contributed by atoms with Crippen LogP contribution in [0.1, 0.15) is 0 Å². The number of phenolic OH excluding ortho intramolecular Hbond substituents is 1. The number of benzene rings is 2. The second kappa shape index (κ2) is 9.28. The van der Waals surface area contributed by atoms with Gasteiger partial charge in [0.2, 0.25) is 5.91 Å². The fraction of sp³-hybridized carbons (Fsp3) is 0.182. The Hall–Kier alpha value is -3.31. The SMILES string of the molecule is C=CCn1c(SCC(=O)Nc2ccc3c(c2)n(C)c(=O)n3C)nnc1-c1cc(Br)ccc1O. The first-order valence-electron chi connectivity index (χ1n) is 9.91. The van der Waals surface area contributed by atoms with Crippen LogP contribution >= 0.6 is 27.7 Å². The second-order valence-electron chi connectivity index (χ2n) is 7.31. The first-order valence-corrected chi connectivity index (χ1v) is 11.7. The molecule has 0 aliphatic rings. The van der Waals surface area contributed by atoms with Gasteiger partial charge in [0.15, 0.2) is 11.0 Å². The molecule has 170 valence electrons. The Kier molecular flexibility index (Phi) is 6.43. The standard InChI is InChI=1S/C22H21BrN6O3S/c1-4-9-29-20(15-10-13(23)5-8-18(15)30)25-26-21(29)33-12-19(31)24-14-6-7-16-17(11-14)28(3)22(32)27(16)2/h4-8,10-11,30H,1,9,12H2,2-3H3,(H,24,31). The highest BCUT2D eigenvalue weighted by Gasteiger charge is 2.18. The summed E-state index contributed by atoms with van der Waals surface area (Å²) in [5.74, 6) is 0.439. The summed E-state index contributed by atoms with van der Waals surface area (Å²) in [4.78, 5) is 24.7.